The van der Waals surface area contributed by atoms with Crippen LogP contribution in [0.3, 0.4) is 0 Å². The van der Waals surface area contributed by atoms with Gasteiger partial charge in [0.15, 0.2) is 17.2 Å². The summed E-state index contributed by atoms with van der Waals surface area (Å²) in [5.74, 6) is -1.08. The molecule has 0 aliphatic heterocycles. The van der Waals surface area contributed by atoms with Crippen molar-refractivity contribution in [1.82, 2.24) is 0 Å². The Morgan fingerprint density at radius 3 is 1.50 bits per heavy atom. The summed E-state index contributed by atoms with van der Waals surface area (Å²) in [6, 6.07) is 0. The van der Waals surface area contributed by atoms with Crippen LogP contribution in [0.2, 0.25) is 5.02 Å². The van der Waals surface area contributed by atoms with E-state index in [4.69, 9.17) is 11.6 Å². The van der Waals surface area contributed by atoms with E-state index in [1.165, 1.54) is 0 Å². The van der Waals surface area contributed by atoms with E-state index >= 15 is 0 Å². The fraction of sp³-hybridized carbons (Fsp3) is 0. The summed E-state index contributed by atoms with van der Waals surface area (Å²) in [5, 5.41) is 27.3. The van der Waals surface area contributed by atoms with E-state index in [1.54, 1.807) is 0 Å². The second-order valence-corrected chi connectivity index (χ2v) is 3.95. The summed E-state index contributed by atoms with van der Waals surface area (Å²) >= 11 is 11.3. The number of halogens is 3. The van der Waals surface area contributed by atoms with Crippen LogP contribution in [0.5, 0.6) is 17.2 Å². The van der Waals surface area contributed by atoms with E-state index in [-0.39, 0.29) is 19.7 Å². The lowest BCUT2D eigenvalue weighted by molar-refractivity contribution is 0.419. The van der Waals surface area contributed by atoms with Crippen molar-refractivity contribution in [3.8, 4) is 17.2 Å². The Bertz CT molecular complexity index is 235. The molecule has 0 aliphatic carbocycles. The highest BCUT2D eigenvalue weighted by atomic mass is 79.9. The lowest BCUT2D eigenvalue weighted by Crippen LogP contribution is -1.78. The first-order chi connectivity index (χ1) is 5.46. The molecule has 3 nitrogen and oxygen atoms in total. The summed E-state index contributed by atoms with van der Waals surface area (Å²) < 4.78 is 0.0781. The van der Waals surface area contributed by atoms with Crippen LogP contribution in [0.1, 0.15) is 0 Å². The summed E-state index contributed by atoms with van der Waals surface area (Å²) in [6.07, 6.45) is 0. The number of phenols is 3. The Hall–Kier alpha value is -0.130. The van der Waals surface area contributed by atoms with Gasteiger partial charge >= 0.3 is 0 Å². The first-order valence-electron chi connectivity index (χ1n) is 2.74. The molecule has 1 aromatic rings. The maximum atomic E-state index is 9.22. The van der Waals surface area contributed by atoms with Crippen molar-refractivity contribution in [2.45, 2.75) is 0 Å². The monoisotopic (exact) mass is 316 g/mol. The Balaban J connectivity index is 3.60. The largest absolute Gasteiger partial charge is 0.505 e. The van der Waals surface area contributed by atoms with Crippen LogP contribution in [-0.4, -0.2) is 15.3 Å². The van der Waals surface area contributed by atoms with Crippen molar-refractivity contribution in [3.63, 3.8) is 0 Å². The van der Waals surface area contributed by atoms with Crippen molar-refractivity contribution < 1.29 is 15.3 Å². The summed E-state index contributed by atoms with van der Waals surface area (Å²) in [4.78, 5) is 0. The van der Waals surface area contributed by atoms with Gasteiger partial charge in [0.1, 0.15) is 14.0 Å². The average molecular weight is 318 g/mol. The zero-order valence-corrected chi connectivity index (χ0v) is 9.40. The summed E-state index contributed by atoms with van der Waals surface area (Å²) in [5.41, 5.74) is 0. The molecule has 1 aromatic carbocycles. The lowest BCUT2D eigenvalue weighted by Gasteiger charge is -2.07. The molecule has 0 saturated carbocycles. The minimum Gasteiger partial charge on any atom is -0.505 e. The van der Waals surface area contributed by atoms with E-state index in [0.29, 0.717) is 0 Å². The first kappa shape index (κ1) is 9.95. The highest BCUT2D eigenvalue weighted by Gasteiger charge is 2.18. The maximum absolute atomic E-state index is 9.22. The maximum Gasteiger partial charge on any atom is 0.156 e. The third-order valence-electron chi connectivity index (χ3n) is 1.25. The number of rotatable bonds is 0. The van der Waals surface area contributed by atoms with Gasteiger partial charge in [-0.25, -0.2) is 0 Å². The number of aromatic hydroxyl groups is 3. The second kappa shape index (κ2) is 3.32. The average Bonchev–Trinajstić information content (AvgIpc) is 2.08. The number of hydrogen-bond acceptors (Lipinski definition) is 3. The van der Waals surface area contributed by atoms with Crippen LogP contribution in [0.4, 0.5) is 0 Å². The zero-order valence-electron chi connectivity index (χ0n) is 5.48. The minimum atomic E-state index is -0.394. The summed E-state index contributed by atoms with van der Waals surface area (Å²) in [6.45, 7) is 0. The van der Waals surface area contributed by atoms with Gasteiger partial charge in [-0.05, 0) is 31.9 Å². The van der Waals surface area contributed by atoms with Crippen LogP contribution in [0, 0.1) is 0 Å². The Labute approximate surface area is 89.9 Å². The van der Waals surface area contributed by atoms with Gasteiger partial charge in [0.05, 0.1) is 0 Å². The fourth-order valence-corrected chi connectivity index (χ4v) is 2.10. The standard InChI is InChI=1S/C6H3Br2ClO3/c7-1-4(10)2(8)6(12)3(9)5(1)11/h10-12H. The minimum absolute atomic E-state index is 0.0391. The highest BCUT2D eigenvalue weighted by molar-refractivity contribution is 9.11. The molecule has 0 amide bonds. The van der Waals surface area contributed by atoms with Crippen molar-refractivity contribution in [1.29, 1.82) is 0 Å². The predicted molar refractivity (Wildman–Crippen MR) is 51.8 cm³/mol. The molecule has 12 heavy (non-hydrogen) atoms. The SMILES string of the molecule is Oc1c(Cl)c(O)c(Br)c(O)c1Br. The predicted octanol–water partition coefficient (Wildman–Crippen LogP) is 2.98. The molecule has 0 bridgehead atoms. The number of phenolic OH excluding ortho intramolecular Hbond substituents is 3. The molecule has 0 unspecified atom stereocenters. The Morgan fingerprint density at radius 1 is 0.833 bits per heavy atom. The molecule has 3 N–H and O–H groups in total. The van der Waals surface area contributed by atoms with Gasteiger partial charge in [-0.1, -0.05) is 11.6 Å². The fourth-order valence-electron chi connectivity index (χ4n) is 0.626. The van der Waals surface area contributed by atoms with E-state index in [1.807, 2.05) is 0 Å². The molecule has 0 spiro atoms. The molecule has 0 aliphatic rings. The van der Waals surface area contributed by atoms with Gasteiger partial charge in [-0.15, -0.1) is 0 Å². The van der Waals surface area contributed by atoms with Gasteiger partial charge in [0.25, 0.3) is 0 Å². The molecule has 0 atom stereocenters. The molecular weight excluding hydrogens is 315 g/mol. The van der Waals surface area contributed by atoms with Crippen LogP contribution in [0.25, 0.3) is 0 Å². The van der Waals surface area contributed by atoms with Gasteiger partial charge in [-0.2, -0.15) is 0 Å². The number of benzene rings is 1. The van der Waals surface area contributed by atoms with Crippen molar-refractivity contribution in [2.75, 3.05) is 0 Å². The molecule has 0 aromatic heterocycles. The molecule has 6 heteroatoms. The number of hydrogen-bond donors (Lipinski definition) is 3. The molecule has 0 fully saturated rings. The lowest BCUT2D eigenvalue weighted by atomic mass is 10.3. The van der Waals surface area contributed by atoms with Crippen LogP contribution in [0.15, 0.2) is 8.95 Å². The molecular formula is C6H3Br2ClO3. The topological polar surface area (TPSA) is 60.7 Å². The summed E-state index contributed by atoms with van der Waals surface area (Å²) in [7, 11) is 0. The van der Waals surface area contributed by atoms with E-state index in [2.05, 4.69) is 31.9 Å². The normalized spacial score (nSPS) is 10.2. The van der Waals surface area contributed by atoms with Gasteiger partial charge < -0.3 is 15.3 Å². The highest BCUT2D eigenvalue weighted by Crippen LogP contribution is 2.50. The van der Waals surface area contributed by atoms with E-state index in [9.17, 15) is 15.3 Å². The first-order valence-corrected chi connectivity index (χ1v) is 4.70. The van der Waals surface area contributed by atoms with Crippen molar-refractivity contribution >= 4 is 43.5 Å². The van der Waals surface area contributed by atoms with Gasteiger partial charge in [-0.3, -0.25) is 0 Å². The smallest absolute Gasteiger partial charge is 0.156 e. The van der Waals surface area contributed by atoms with Crippen molar-refractivity contribution in [3.05, 3.63) is 14.0 Å². The Morgan fingerprint density at radius 2 is 1.17 bits per heavy atom. The molecule has 66 valence electrons. The van der Waals surface area contributed by atoms with E-state index in [0.717, 1.165) is 0 Å². The third-order valence-corrected chi connectivity index (χ3v) is 3.11. The second-order valence-electron chi connectivity index (χ2n) is 1.99. The molecule has 0 saturated heterocycles. The van der Waals surface area contributed by atoms with Crippen LogP contribution < -0.4 is 0 Å². The van der Waals surface area contributed by atoms with Gasteiger partial charge in [0.2, 0.25) is 0 Å². The van der Waals surface area contributed by atoms with Crippen LogP contribution in [-0.2, 0) is 0 Å². The van der Waals surface area contributed by atoms with Crippen LogP contribution >= 0.6 is 43.5 Å². The van der Waals surface area contributed by atoms with E-state index < -0.39 is 11.5 Å². The third kappa shape index (κ3) is 1.36. The molecule has 0 heterocycles. The Kier molecular flexibility index (Phi) is 2.75. The molecule has 1 rings (SSSR count). The van der Waals surface area contributed by atoms with Gasteiger partial charge in [0, 0.05) is 0 Å². The zero-order chi connectivity index (χ0) is 9.46. The van der Waals surface area contributed by atoms with Crippen molar-refractivity contribution in [2.24, 2.45) is 0 Å². The molecule has 0 radical (unpaired) electrons. The quantitative estimate of drug-likeness (QED) is 0.689.